The summed E-state index contributed by atoms with van der Waals surface area (Å²) in [5.74, 6) is -0.126. The van der Waals surface area contributed by atoms with Gasteiger partial charge in [-0.2, -0.15) is 0 Å². The summed E-state index contributed by atoms with van der Waals surface area (Å²) in [6.07, 6.45) is 1.03. The summed E-state index contributed by atoms with van der Waals surface area (Å²) in [6.45, 7) is 1.84. The van der Waals surface area contributed by atoms with Crippen LogP contribution >= 0.6 is 0 Å². The Labute approximate surface area is 159 Å². The van der Waals surface area contributed by atoms with Crippen molar-refractivity contribution in [2.75, 3.05) is 20.8 Å². The first kappa shape index (κ1) is 20.3. The van der Waals surface area contributed by atoms with E-state index in [4.69, 9.17) is 9.47 Å². The molecule has 0 radical (unpaired) electrons. The fourth-order valence-corrected chi connectivity index (χ4v) is 2.82. The monoisotopic (exact) mass is 371 g/mol. The lowest BCUT2D eigenvalue weighted by Gasteiger charge is -2.22. The van der Waals surface area contributed by atoms with Gasteiger partial charge >= 0.3 is 5.97 Å². The summed E-state index contributed by atoms with van der Waals surface area (Å²) < 4.78 is 10.5. The normalized spacial score (nSPS) is 10.3. The number of aliphatic carboxylic acids is 1. The molecular formula is C21H25NO5. The highest BCUT2D eigenvalue weighted by Crippen LogP contribution is 2.23. The molecule has 0 aliphatic carbocycles. The van der Waals surface area contributed by atoms with Crippen LogP contribution in [0.3, 0.4) is 0 Å². The molecule has 27 heavy (non-hydrogen) atoms. The van der Waals surface area contributed by atoms with E-state index < -0.39 is 5.97 Å². The largest absolute Gasteiger partial charge is 0.497 e. The van der Waals surface area contributed by atoms with E-state index in [-0.39, 0.29) is 25.4 Å². The molecule has 0 bridgehead atoms. The van der Waals surface area contributed by atoms with E-state index in [0.29, 0.717) is 11.5 Å². The zero-order valence-corrected chi connectivity index (χ0v) is 15.9. The summed E-state index contributed by atoms with van der Waals surface area (Å²) in [4.78, 5) is 25.3. The molecule has 0 aromatic heterocycles. The highest BCUT2D eigenvalue weighted by molar-refractivity contribution is 5.83. The number of benzene rings is 2. The Morgan fingerprint density at radius 1 is 0.963 bits per heavy atom. The molecule has 0 fully saturated rings. The molecule has 0 heterocycles. The number of hydrogen-bond acceptors (Lipinski definition) is 4. The van der Waals surface area contributed by atoms with Gasteiger partial charge in [-0.05, 0) is 35.2 Å². The summed E-state index contributed by atoms with van der Waals surface area (Å²) in [5.41, 5.74) is 2.75. The van der Waals surface area contributed by atoms with Crippen molar-refractivity contribution in [3.8, 4) is 11.5 Å². The Bertz CT molecular complexity index is 781. The molecule has 0 saturated carbocycles. The number of rotatable bonds is 9. The average Bonchev–Trinajstić information content (AvgIpc) is 2.66. The van der Waals surface area contributed by atoms with Crippen molar-refractivity contribution < 1.29 is 24.2 Å². The van der Waals surface area contributed by atoms with Crippen molar-refractivity contribution >= 4 is 11.9 Å². The SMILES string of the molecule is CCc1cccc(CC(=O)N(CC(=O)O)Cc2cc(OC)cc(OC)c2)c1. The minimum atomic E-state index is -1.06. The second kappa shape index (κ2) is 9.62. The van der Waals surface area contributed by atoms with E-state index in [0.717, 1.165) is 23.1 Å². The quantitative estimate of drug-likeness (QED) is 0.733. The summed E-state index contributed by atoms with van der Waals surface area (Å²) >= 11 is 0. The molecule has 0 atom stereocenters. The van der Waals surface area contributed by atoms with E-state index in [1.54, 1.807) is 32.4 Å². The second-order valence-corrected chi connectivity index (χ2v) is 6.21. The van der Waals surface area contributed by atoms with Gasteiger partial charge in [0.25, 0.3) is 0 Å². The molecule has 0 spiro atoms. The van der Waals surface area contributed by atoms with E-state index in [1.165, 1.54) is 4.90 Å². The highest BCUT2D eigenvalue weighted by Gasteiger charge is 2.18. The lowest BCUT2D eigenvalue weighted by Crippen LogP contribution is -2.36. The predicted octanol–water partition coefficient (Wildman–Crippen LogP) is 2.92. The van der Waals surface area contributed by atoms with Crippen LogP contribution in [-0.4, -0.2) is 42.6 Å². The fraction of sp³-hybridized carbons (Fsp3) is 0.333. The Balaban J connectivity index is 2.21. The van der Waals surface area contributed by atoms with E-state index in [9.17, 15) is 14.7 Å². The van der Waals surface area contributed by atoms with Gasteiger partial charge in [0.2, 0.25) is 5.91 Å². The second-order valence-electron chi connectivity index (χ2n) is 6.21. The van der Waals surface area contributed by atoms with Crippen LogP contribution in [0.25, 0.3) is 0 Å². The molecule has 0 unspecified atom stereocenters. The third-order valence-electron chi connectivity index (χ3n) is 4.22. The fourth-order valence-electron chi connectivity index (χ4n) is 2.82. The predicted molar refractivity (Wildman–Crippen MR) is 102 cm³/mol. The van der Waals surface area contributed by atoms with Crippen LogP contribution in [0, 0.1) is 0 Å². The standard InChI is InChI=1S/C21H25NO5/c1-4-15-6-5-7-16(8-15)11-20(23)22(14-21(24)25)13-17-9-18(26-2)12-19(10-17)27-3/h5-10,12H,4,11,13-14H2,1-3H3,(H,24,25). The zero-order valence-electron chi connectivity index (χ0n) is 15.9. The van der Waals surface area contributed by atoms with Crippen LogP contribution in [0.15, 0.2) is 42.5 Å². The van der Waals surface area contributed by atoms with Crippen LogP contribution in [0.1, 0.15) is 23.6 Å². The summed E-state index contributed by atoms with van der Waals surface area (Å²) in [7, 11) is 3.08. The van der Waals surface area contributed by atoms with Crippen molar-refractivity contribution in [1.82, 2.24) is 4.90 Å². The number of carboxylic acids is 1. The van der Waals surface area contributed by atoms with Gasteiger partial charge in [-0.15, -0.1) is 0 Å². The summed E-state index contributed by atoms with van der Waals surface area (Å²) in [6, 6.07) is 13.0. The van der Waals surface area contributed by atoms with Gasteiger partial charge in [-0.1, -0.05) is 31.2 Å². The number of carboxylic acid groups (broad SMARTS) is 1. The van der Waals surface area contributed by atoms with Gasteiger partial charge in [0.1, 0.15) is 18.0 Å². The molecule has 144 valence electrons. The number of carbonyl (C=O) groups is 2. The maximum atomic E-state index is 12.8. The van der Waals surface area contributed by atoms with E-state index in [2.05, 4.69) is 0 Å². The number of methoxy groups -OCH3 is 2. The van der Waals surface area contributed by atoms with Crippen molar-refractivity contribution in [2.24, 2.45) is 0 Å². The lowest BCUT2D eigenvalue weighted by atomic mass is 10.1. The molecule has 2 aromatic rings. The number of ether oxygens (including phenoxy) is 2. The number of amides is 1. The smallest absolute Gasteiger partial charge is 0.323 e. The Kier molecular flexibility index (Phi) is 7.23. The first-order valence-corrected chi connectivity index (χ1v) is 8.74. The Morgan fingerprint density at radius 2 is 1.59 bits per heavy atom. The molecule has 6 heteroatoms. The number of nitrogens with zero attached hydrogens (tertiary/aromatic N) is 1. The zero-order chi connectivity index (χ0) is 19.8. The van der Waals surface area contributed by atoms with Crippen molar-refractivity contribution in [1.29, 1.82) is 0 Å². The molecule has 2 aromatic carbocycles. The van der Waals surface area contributed by atoms with Crippen molar-refractivity contribution in [3.63, 3.8) is 0 Å². The van der Waals surface area contributed by atoms with Gasteiger partial charge < -0.3 is 19.5 Å². The molecular weight excluding hydrogens is 346 g/mol. The molecule has 2 rings (SSSR count). The van der Waals surface area contributed by atoms with Crippen LogP contribution in [-0.2, 0) is 29.0 Å². The molecule has 6 nitrogen and oxygen atoms in total. The van der Waals surface area contributed by atoms with Gasteiger partial charge in [0, 0.05) is 12.6 Å². The van der Waals surface area contributed by atoms with Gasteiger partial charge in [-0.3, -0.25) is 9.59 Å². The van der Waals surface area contributed by atoms with Gasteiger partial charge in [-0.25, -0.2) is 0 Å². The molecule has 1 N–H and O–H groups in total. The van der Waals surface area contributed by atoms with Crippen LogP contribution < -0.4 is 9.47 Å². The van der Waals surface area contributed by atoms with Crippen LogP contribution in [0.2, 0.25) is 0 Å². The topological polar surface area (TPSA) is 76.1 Å². The first-order valence-electron chi connectivity index (χ1n) is 8.74. The highest BCUT2D eigenvalue weighted by atomic mass is 16.5. The third kappa shape index (κ3) is 6.02. The van der Waals surface area contributed by atoms with Gasteiger partial charge in [0.05, 0.1) is 20.6 Å². The van der Waals surface area contributed by atoms with Crippen molar-refractivity contribution in [2.45, 2.75) is 26.3 Å². The lowest BCUT2D eigenvalue weighted by molar-refractivity contribution is -0.144. The minimum absolute atomic E-state index is 0.155. The molecule has 1 amide bonds. The molecule has 0 saturated heterocycles. The van der Waals surface area contributed by atoms with E-state index in [1.807, 2.05) is 31.2 Å². The first-order chi connectivity index (χ1) is 12.9. The minimum Gasteiger partial charge on any atom is -0.497 e. The van der Waals surface area contributed by atoms with Gasteiger partial charge in [0.15, 0.2) is 0 Å². The third-order valence-corrected chi connectivity index (χ3v) is 4.22. The van der Waals surface area contributed by atoms with E-state index >= 15 is 0 Å². The van der Waals surface area contributed by atoms with Crippen LogP contribution in [0.4, 0.5) is 0 Å². The Hall–Kier alpha value is -3.02. The molecule has 0 aliphatic heterocycles. The van der Waals surface area contributed by atoms with Crippen LogP contribution in [0.5, 0.6) is 11.5 Å². The number of hydrogen-bond donors (Lipinski definition) is 1. The Morgan fingerprint density at radius 3 is 2.15 bits per heavy atom. The number of carbonyl (C=O) groups excluding carboxylic acids is 1. The summed E-state index contributed by atoms with van der Waals surface area (Å²) in [5, 5.41) is 9.22. The molecule has 0 aliphatic rings. The maximum Gasteiger partial charge on any atom is 0.323 e. The maximum absolute atomic E-state index is 12.8. The van der Waals surface area contributed by atoms with Crippen molar-refractivity contribution in [3.05, 3.63) is 59.2 Å². The average molecular weight is 371 g/mol. The number of aryl methyl sites for hydroxylation is 1.